The van der Waals surface area contributed by atoms with E-state index >= 15 is 0 Å². The number of benzene rings is 1. The fourth-order valence-electron chi connectivity index (χ4n) is 0.971. The van der Waals surface area contributed by atoms with Crippen LogP contribution in [0.25, 0.3) is 0 Å². The molecule has 0 unspecified atom stereocenters. The first-order valence-electron chi connectivity index (χ1n) is 4.38. The molecule has 0 bridgehead atoms. The van der Waals surface area contributed by atoms with Crippen molar-refractivity contribution in [1.82, 2.24) is 0 Å². The normalized spacial score (nSPS) is 10.2. The molecule has 0 aliphatic heterocycles. The van der Waals surface area contributed by atoms with E-state index in [-0.39, 0.29) is 5.75 Å². The van der Waals surface area contributed by atoms with Crippen LogP contribution in [0.3, 0.4) is 0 Å². The summed E-state index contributed by atoms with van der Waals surface area (Å²) in [7, 11) is 0. The van der Waals surface area contributed by atoms with Gasteiger partial charge in [0.05, 0.1) is 6.61 Å². The van der Waals surface area contributed by atoms with Gasteiger partial charge in [-0.1, -0.05) is 15.9 Å². The Kier molecular flexibility index (Phi) is 4.87. The number of hydrogen-bond donors (Lipinski definition) is 0. The third-order valence-electron chi connectivity index (χ3n) is 1.68. The predicted molar refractivity (Wildman–Crippen MR) is 54.9 cm³/mol. The highest BCUT2D eigenvalue weighted by atomic mass is 79.9. The van der Waals surface area contributed by atoms with E-state index in [0.29, 0.717) is 6.61 Å². The molecule has 0 atom stereocenters. The van der Waals surface area contributed by atoms with Crippen molar-refractivity contribution in [3.8, 4) is 5.75 Å². The Bertz CT molecular complexity index is 291. The molecule has 4 heteroatoms. The summed E-state index contributed by atoms with van der Waals surface area (Å²) in [5.41, 5.74) is 0. The van der Waals surface area contributed by atoms with Crippen LogP contribution in [-0.2, 0) is 0 Å². The van der Waals surface area contributed by atoms with E-state index in [9.17, 15) is 8.78 Å². The van der Waals surface area contributed by atoms with Crippen LogP contribution in [0, 0.1) is 11.6 Å². The molecule has 78 valence electrons. The highest BCUT2D eigenvalue weighted by Crippen LogP contribution is 2.17. The maximum Gasteiger partial charge on any atom is 0.167 e. The van der Waals surface area contributed by atoms with Crippen molar-refractivity contribution in [2.45, 2.75) is 12.8 Å². The number of ether oxygens (including phenoxy) is 1. The molecule has 0 aromatic heterocycles. The van der Waals surface area contributed by atoms with Crippen molar-refractivity contribution >= 4 is 15.9 Å². The Hall–Kier alpha value is -0.640. The van der Waals surface area contributed by atoms with E-state index in [2.05, 4.69) is 15.9 Å². The largest absolute Gasteiger partial charge is 0.491 e. The molecule has 0 aliphatic carbocycles. The quantitative estimate of drug-likeness (QED) is 0.584. The molecule has 0 fully saturated rings. The summed E-state index contributed by atoms with van der Waals surface area (Å²) in [6.07, 6.45) is 1.82. The molecule has 1 aromatic rings. The molecule has 0 radical (unpaired) electrons. The smallest absolute Gasteiger partial charge is 0.167 e. The van der Waals surface area contributed by atoms with Crippen molar-refractivity contribution in [3.05, 3.63) is 29.8 Å². The lowest BCUT2D eigenvalue weighted by Gasteiger charge is -2.05. The minimum atomic E-state index is -0.649. The molecular weight excluding hydrogens is 254 g/mol. The number of rotatable bonds is 5. The maximum atomic E-state index is 13.0. The average Bonchev–Trinajstić information content (AvgIpc) is 2.15. The second-order valence-corrected chi connectivity index (χ2v) is 3.61. The van der Waals surface area contributed by atoms with Gasteiger partial charge in [0, 0.05) is 11.4 Å². The van der Waals surface area contributed by atoms with Gasteiger partial charge >= 0.3 is 0 Å². The van der Waals surface area contributed by atoms with E-state index in [1.54, 1.807) is 0 Å². The van der Waals surface area contributed by atoms with Gasteiger partial charge in [0.2, 0.25) is 0 Å². The third-order valence-corrected chi connectivity index (χ3v) is 2.24. The van der Waals surface area contributed by atoms with Crippen LogP contribution >= 0.6 is 15.9 Å². The summed E-state index contributed by atoms with van der Waals surface area (Å²) >= 11 is 3.28. The fourth-order valence-corrected chi connectivity index (χ4v) is 1.37. The monoisotopic (exact) mass is 264 g/mol. The topological polar surface area (TPSA) is 9.23 Å². The Labute approximate surface area is 90.2 Å². The second kappa shape index (κ2) is 5.96. The highest BCUT2D eigenvalue weighted by Gasteiger charge is 2.03. The van der Waals surface area contributed by atoms with Crippen LogP contribution in [0.1, 0.15) is 12.8 Å². The minimum absolute atomic E-state index is 0.112. The maximum absolute atomic E-state index is 13.0. The Balaban J connectivity index is 2.42. The van der Waals surface area contributed by atoms with Crippen LogP contribution in [-0.4, -0.2) is 11.9 Å². The zero-order valence-electron chi connectivity index (χ0n) is 7.60. The minimum Gasteiger partial charge on any atom is -0.491 e. The van der Waals surface area contributed by atoms with Crippen molar-refractivity contribution in [2.75, 3.05) is 11.9 Å². The summed E-state index contributed by atoms with van der Waals surface area (Å²) in [6.45, 7) is 0.453. The van der Waals surface area contributed by atoms with Crippen molar-refractivity contribution in [3.63, 3.8) is 0 Å². The van der Waals surface area contributed by atoms with Gasteiger partial charge < -0.3 is 4.74 Å². The van der Waals surface area contributed by atoms with Gasteiger partial charge in [0.1, 0.15) is 5.82 Å². The van der Waals surface area contributed by atoms with E-state index in [0.717, 1.165) is 24.2 Å². The first kappa shape index (κ1) is 11.4. The summed E-state index contributed by atoms with van der Waals surface area (Å²) in [6, 6.07) is 3.31. The lowest BCUT2D eigenvalue weighted by molar-refractivity contribution is 0.294. The van der Waals surface area contributed by atoms with Gasteiger partial charge in [-0.3, -0.25) is 0 Å². The highest BCUT2D eigenvalue weighted by molar-refractivity contribution is 9.09. The molecule has 1 rings (SSSR count). The first-order chi connectivity index (χ1) is 6.74. The molecule has 0 saturated carbocycles. The van der Waals surface area contributed by atoms with Crippen molar-refractivity contribution < 1.29 is 13.5 Å². The molecule has 1 nitrogen and oxygen atoms in total. The van der Waals surface area contributed by atoms with Gasteiger partial charge in [-0.15, -0.1) is 0 Å². The number of unbranched alkanes of at least 4 members (excludes halogenated alkanes) is 1. The lowest BCUT2D eigenvalue weighted by Crippen LogP contribution is -1.99. The van der Waals surface area contributed by atoms with Crippen LogP contribution in [0.4, 0.5) is 8.78 Å². The van der Waals surface area contributed by atoms with Crippen LogP contribution in [0.2, 0.25) is 0 Å². The van der Waals surface area contributed by atoms with Crippen LogP contribution < -0.4 is 4.74 Å². The van der Waals surface area contributed by atoms with Gasteiger partial charge in [-0.05, 0) is 25.0 Å². The molecule has 0 N–H and O–H groups in total. The molecule has 0 amide bonds. The Morgan fingerprint density at radius 1 is 1.21 bits per heavy atom. The van der Waals surface area contributed by atoms with E-state index in [1.807, 2.05) is 0 Å². The number of halogens is 3. The summed E-state index contributed by atoms with van der Waals surface area (Å²) in [4.78, 5) is 0. The molecular formula is C10H11BrF2O. The molecule has 0 aliphatic rings. The molecule has 14 heavy (non-hydrogen) atoms. The van der Waals surface area contributed by atoms with Gasteiger partial charge in [0.25, 0.3) is 0 Å². The summed E-state index contributed by atoms with van der Waals surface area (Å²) < 4.78 is 30.6. The zero-order valence-corrected chi connectivity index (χ0v) is 9.19. The predicted octanol–water partition coefficient (Wildman–Crippen LogP) is 3.52. The SMILES string of the molecule is Fc1ccc(OCCCCBr)c(F)c1. The van der Waals surface area contributed by atoms with Crippen molar-refractivity contribution in [1.29, 1.82) is 0 Å². The molecule has 1 aromatic carbocycles. The van der Waals surface area contributed by atoms with E-state index in [1.165, 1.54) is 12.1 Å². The summed E-state index contributed by atoms with van der Waals surface area (Å²) in [5.74, 6) is -1.12. The van der Waals surface area contributed by atoms with E-state index < -0.39 is 11.6 Å². The van der Waals surface area contributed by atoms with E-state index in [4.69, 9.17) is 4.74 Å². The zero-order chi connectivity index (χ0) is 10.4. The average molecular weight is 265 g/mol. The van der Waals surface area contributed by atoms with Gasteiger partial charge in [-0.25, -0.2) is 8.78 Å². The molecule has 0 spiro atoms. The fraction of sp³-hybridized carbons (Fsp3) is 0.400. The molecule has 0 heterocycles. The Morgan fingerprint density at radius 2 is 2.00 bits per heavy atom. The van der Waals surface area contributed by atoms with Crippen LogP contribution in [0.15, 0.2) is 18.2 Å². The third kappa shape index (κ3) is 3.62. The lowest BCUT2D eigenvalue weighted by atomic mass is 10.3. The van der Waals surface area contributed by atoms with Crippen LogP contribution in [0.5, 0.6) is 5.75 Å². The standard InChI is InChI=1S/C10H11BrF2O/c11-5-1-2-6-14-10-4-3-8(12)7-9(10)13/h3-4,7H,1-2,5-6H2. The summed E-state index contributed by atoms with van der Waals surface area (Å²) in [5, 5.41) is 0.905. The first-order valence-corrected chi connectivity index (χ1v) is 5.50. The Morgan fingerprint density at radius 3 is 2.64 bits per heavy atom. The number of alkyl halides is 1. The van der Waals surface area contributed by atoms with Crippen molar-refractivity contribution in [2.24, 2.45) is 0 Å². The second-order valence-electron chi connectivity index (χ2n) is 2.82. The molecule has 0 saturated heterocycles. The van der Waals surface area contributed by atoms with Gasteiger partial charge in [0.15, 0.2) is 11.6 Å². The van der Waals surface area contributed by atoms with Gasteiger partial charge in [-0.2, -0.15) is 0 Å². The number of hydrogen-bond acceptors (Lipinski definition) is 1.